The van der Waals surface area contributed by atoms with Crippen LogP contribution in [0.3, 0.4) is 0 Å². The van der Waals surface area contributed by atoms with Crippen LogP contribution in [-0.4, -0.2) is 17.2 Å². The number of nitrogens with zero attached hydrogens (tertiary/aromatic N) is 1. The van der Waals surface area contributed by atoms with Gasteiger partial charge in [0.05, 0.1) is 11.3 Å². The molecule has 0 radical (unpaired) electrons. The highest BCUT2D eigenvalue weighted by Gasteiger charge is 2.49. The number of carbonyl (C=O) groups excluding carboxylic acids is 2. The van der Waals surface area contributed by atoms with Crippen LogP contribution in [0.25, 0.3) is 0 Å². The Morgan fingerprint density at radius 2 is 2.00 bits per heavy atom. The van der Waals surface area contributed by atoms with E-state index in [1.54, 1.807) is 4.90 Å². The summed E-state index contributed by atoms with van der Waals surface area (Å²) in [5.74, 6) is -1.43. The lowest BCUT2D eigenvalue weighted by Gasteiger charge is -2.43. The minimum absolute atomic E-state index is 0.138. The van der Waals surface area contributed by atoms with Crippen LogP contribution in [0.5, 0.6) is 0 Å². The zero-order valence-electron chi connectivity index (χ0n) is 10.6. The maximum atomic E-state index is 13.5. The third-order valence-electron chi connectivity index (χ3n) is 3.91. The van der Waals surface area contributed by atoms with Gasteiger partial charge < -0.3 is 0 Å². The van der Waals surface area contributed by atoms with Gasteiger partial charge in [0.2, 0.25) is 0 Å². The Bertz CT molecular complexity index is 592. The Labute approximate surface area is 105 Å². The summed E-state index contributed by atoms with van der Waals surface area (Å²) in [6, 6.07) is 2.62. The summed E-state index contributed by atoms with van der Waals surface area (Å²) in [5, 5.41) is 0. The average Bonchev–Trinajstić information content (AvgIpc) is 2.50. The standard InChI is InChI=1S/C14H14FNO2/c1-7-6-14(2,3)16-11-9(7)4-8(15)5-10(11)12(17)13(16)18/h4-5,7H,6H2,1-3H3. The van der Waals surface area contributed by atoms with Crippen LogP contribution in [0.1, 0.15) is 49.0 Å². The molecular weight excluding hydrogens is 233 g/mol. The molecule has 0 saturated heterocycles. The lowest BCUT2D eigenvalue weighted by atomic mass is 9.80. The molecule has 2 aliphatic rings. The van der Waals surface area contributed by atoms with Crippen molar-refractivity contribution in [2.24, 2.45) is 0 Å². The van der Waals surface area contributed by atoms with Crippen molar-refractivity contribution in [2.45, 2.75) is 38.6 Å². The van der Waals surface area contributed by atoms with E-state index >= 15 is 0 Å². The number of ketones is 1. The molecular formula is C14H14FNO2. The van der Waals surface area contributed by atoms with E-state index in [1.165, 1.54) is 12.1 Å². The second-order valence-corrected chi connectivity index (χ2v) is 5.78. The Morgan fingerprint density at radius 3 is 2.67 bits per heavy atom. The first-order valence-corrected chi connectivity index (χ1v) is 6.05. The van der Waals surface area contributed by atoms with Gasteiger partial charge in [0.25, 0.3) is 11.7 Å². The zero-order valence-corrected chi connectivity index (χ0v) is 10.6. The van der Waals surface area contributed by atoms with Gasteiger partial charge in [-0.05, 0) is 43.9 Å². The molecule has 1 aromatic carbocycles. The molecule has 0 aromatic heterocycles. The summed E-state index contributed by atoms with van der Waals surface area (Å²) < 4.78 is 13.5. The molecule has 4 heteroatoms. The van der Waals surface area contributed by atoms with Crippen molar-refractivity contribution in [3.8, 4) is 0 Å². The largest absolute Gasteiger partial charge is 0.299 e. The highest BCUT2D eigenvalue weighted by atomic mass is 19.1. The molecule has 0 aliphatic carbocycles. The Morgan fingerprint density at radius 1 is 1.33 bits per heavy atom. The van der Waals surface area contributed by atoms with E-state index in [2.05, 4.69) is 0 Å². The number of benzene rings is 1. The second-order valence-electron chi connectivity index (χ2n) is 5.78. The lowest BCUT2D eigenvalue weighted by Crippen LogP contribution is -2.50. The van der Waals surface area contributed by atoms with Crippen LogP contribution in [0, 0.1) is 5.82 Å². The van der Waals surface area contributed by atoms with Crippen molar-refractivity contribution in [3.63, 3.8) is 0 Å². The van der Waals surface area contributed by atoms with Gasteiger partial charge in [-0.15, -0.1) is 0 Å². The minimum Gasteiger partial charge on any atom is -0.299 e. The SMILES string of the molecule is CC1CC(C)(C)N2C(=O)C(=O)c3cc(F)cc1c32. The fraction of sp³-hybridized carbons (Fsp3) is 0.429. The zero-order chi connectivity index (χ0) is 13.2. The molecule has 0 N–H and O–H groups in total. The first kappa shape index (κ1) is 11.4. The molecule has 3 rings (SSSR count). The van der Waals surface area contributed by atoms with Crippen molar-refractivity contribution in [1.29, 1.82) is 0 Å². The molecule has 1 atom stereocenters. The molecule has 18 heavy (non-hydrogen) atoms. The summed E-state index contributed by atoms with van der Waals surface area (Å²) in [5.41, 5.74) is 1.20. The molecule has 2 aliphatic heterocycles. The lowest BCUT2D eigenvalue weighted by molar-refractivity contribution is -0.115. The molecule has 94 valence electrons. The van der Waals surface area contributed by atoms with Crippen LogP contribution in [0.2, 0.25) is 0 Å². The Kier molecular flexibility index (Phi) is 2.02. The van der Waals surface area contributed by atoms with Gasteiger partial charge in [-0.25, -0.2) is 4.39 Å². The van der Waals surface area contributed by atoms with Crippen LogP contribution >= 0.6 is 0 Å². The number of halogens is 1. The molecule has 0 saturated carbocycles. The van der Waals surface area contributed by atoms with E-state index in [4.69, 9.17) is 0 Å². The third-order valence-corrected chi connectivity index (χ3v) is 3.91. The second kappa shape index (κ2) is 3.19. The molecule has 2 heterocycles. The molecule has 0 spiro atoms. The van der Waals surface area contributed by atoms with Gasteiger partial charge >= 0.3 is 0 Å². The quantitative estimate of drug-likeness (QED) is 0.661. The van der Waals surface area contributed by atoms with Crippen molar-refractivity contribution in [2.75, 3.05) is 4.90 Å². The molecule has 1 amide bonds. The van der Waals surface area contributed by atoms with Crippen LogP contribution in [0.4, 0.5) is 10.1 Å². The number of anilines is 1. The number of carbonyl (C=O) groups is 2. The van der Waals surface area contributed by atoms with Crippen molar-refractivity contribution >= 4 is 17.4 Å². The van der Waals surface area contributed by atoms with Crippen molar-refractivity contribution in [1.82, 2.24) is 0 Å². The molecule has 0 bridgehead atoms. The normalized spacial score (nSPS) is 24.4. The van der Waals surface area contributed by atoms with E-state index in [9.17, 15) is 14.0 Å². The van der Waals surface area contributed by atoms with Crippen molar-refractivity contribution < 1.29 is 14.0 Å². The molecule has 0 fully saturated rings. The van der Waals surface area contributed by atoms with E-state index < -0.39 is 23.0 Å². The van der Waals surface area contributed by atoms with Gasteiger partial charge in [0.1, 0.15) is 5.82 Å². The summed E-state index contributed by atoms with van der Waals surface area (Å²) in [6.45, 7) is 5.88. The summed E-state index contributed by atoms with van der Waals surface area (Å²) in [7, 11) is 0. The van der Waals surface area contributed by atoms with E-state index in [1.807, 2.05) is 20.8 Å². The smallest absolute Gasteiger partial charge is 0.299 e. The minimum atomic E-state index is -0.590. The molecule has 3 nitrogen and oxygen atoms in total. The van der Waals surface area contributed by atoms with Gasteiger partial charge in [0, 0.05) is 5.54 Å². The van der Waals surface area contributed by atoms with Crippen LogP contribution < -0.4 is 4.90 Å². The number of Topliss-reactive ketones (excluding diaryl/α,β-unsaturated/α-hetero) is 1. The molecule has 1 aromatic rings. The summed E-state index contributed by atoms with van der Waals surface area (Å²) in [4.78, 5) is 25.5. The number of hydrogen-bond acceptors (Lipinski definition) is 2. The van der Waals surface area contributed by atoms with Gasteiger partial charge in [0.15, 0.2) is 0 Å². The third kappa shape index (κ3) is 1.23. The van der Waals surface area contributed by atoms with E-state index in [0.717, 1.165) is 12.0 Å². The highest BCUT2D eigenvalue weighted by Crippen LogP contribution is 2.48. The number of hydrogen-bond donors (Lipinski definition) is 0. The van der Waals surface area contributed by atoms with E-state index in [-0.39, 0.29) is 11.5 Å². The first-order chi connectivity index (χ1) is 8.33. The fourth-order valence-electron chi connectivity index (χ4n) is 3.27. The van der Waals surface area contributed by atoms with Gasteiger partial charge in [-0.1, -0.05) is 6.92 Å². The Balaban J connectivity index is 2.36. The number of rotatable bonds is 0. The fourth-order valence-corrected chi connectivity index (χ4v) is 3.27. The maximum absolute atomic E-state index is 13.5. The summed E-state index contributed by atoms with van der Waals surface area (Å²) in [6.07, 6.45) is 0.724. The van der Waals surface area contributed by atoms with E-state index in [0.29, 0.717) is 5.69 Å². The average molecular weight is 247 g/mol. The topological polar surface area (TPSA) is 37.4 Å². The predicted molar refractivity (Wildman–Crippen MR) is 65.3 cm³/mol. The Hall–Kier alpha value is -1.71. The predicted octanol–water partition coefficient (Wildman–Crippen LogP) is 2.64. The maximum Gasteiger partial charge on any atom is 0.299 e. The van der Waals surface area contributed by atoms with Crippen molar-refractivity contribution in [3.05, 3.63) is 29.1 Å². The number of amides is 1. The highest BCUT2D eigenvalue weighted by molar-refractivity contribution is 6.52. The molecule has 1 unspecified atom stereocenters. The van der Waals surface area contributed by atoms with Gasteiger partial charge in [-0.2, -0.15) is 0 Å². The first-order valence-electron chi connectivity index (χ1n) is 6.05. The van der Waals surface area contributed by atoms with Gasteiger partial charge in [-0.3, -0.25) is 14.5 Å². The monoisotopic (exact) mass is 247 g/mol. The van der Waals surface area contributed by atoms with Crippen LogP contribution in [0.15, 0.2) is 12.1 Å². The summed E-state index contributed by atoms with van der Waals surface area (Å²) >= 11 is 0. The van der Waals surface area contributed by atoms with Crippen LogP contribution in [-0.2, 0) is 4.79 Å².